The molecule has 0 bridgehead atoms. The first-order valence-electron chi connectivity index (χ1n) is 12.0. The standard InChI is InChI=1S/C25H33FN4O4/c1-3-4-15-30(23(32)14-13-22(31)28-21-16-17(2)34-29-21)24(18-9-11-19(26)12-10-18)25(33)27-20-7-5-6-8-20/h9-12,16,20,24H,3-8,13-15H2,1-2H3,(H,27,33)(H,28,29,31)/t24-/m1/s1. The van der Waals surface area contributed by atoms with Crippen molar-refractivity contribution in [1.82, 2.24) is 15.4 Å². The van der Waals surface area contributed by atoms with Crippen LogP contribution in [0, 0.1) is 12.7 Å². The van der Waals surface area contributed by atoms with Gasteiger partial charge in [-0.25, -0.2) is 4.39 Å². The second-order valence-electron chi connectivity index (χ2n) is 8.76. The second kappa shape index (κ2) is 12.3. The van der Waals surface area contributed by atoms with E-state index in [1.807, 2.05) is 6.92 Å². The molecule has 9 heteroatoms. The first kappa shape index (κ1) is 25.4. The summed E-state index contributed by atoms with van der Waals surface area (Å²) in [5.74, 6) is -0.512. The molecule has 0 spiro atoms. The van der Waals surface area contributed by atoms with E-state index in [9.17, 15) is 18.8 Å². The van der Waals surface area contributed by atoms with Crippen molar-refractivity contribution in [3.05, 3.63) is 47.5 Å². The van der Waals surface area contributed by atoms with Gasteiger partial charge in [0.25, 0.3) is 0 Å². The van der Waals surface area contributed by atoms with Crippen LogP contribution in [-0.2, 0) is 14.4 Å². The molecule has 1 aromatic carbocycles. The molecule has 2 aromatic rings. The van der Waals surface area contributed by atoms with E-state index in [4.69, 9.17) is 4.52 Å². The number of rotatable bonds is 11. The minimum atomic E-state index is -0.887. The van der Waals surface area contributed by atoms with Gasteiger partial charge in [-0.15, -0.1) is 0 Å². The number of anilines is 1. The van der Waals surface area contributed by atoms with E-state index in [1.165, 1.54) is 17.0 Å². The van der Waals surface area contributed by atoms with Crippen molar-refractivity contribution in [2.45, 2.75) is 77.3 Å². The van der Waals surface area contributed by atoms with Crippen LogP contribution in [0.1, 0.15) is 75.7 Å². The Kier molecular flexibility index (Phi) is 9.18. The first-order valence-corrected chi connectivity index (χ1v) is 12.0. The van der Waals surface area contributed by atoms with Crippen molar-refractivity contribution >= 4 is 23.5 Å². The Morgan fingerprint density at radius 2 is 1.88 bits per heavy atom. The third-order valence-corrected chi connectivity index (χ3v) is 5.98. The van der Waals surface area contributed by atoms with Gasteiger partial charge in [0.15, 0.2) is 5.82 Å². The minimum absolute atomic E-state index is 0.0618. The Bertz CT molecular complexity index is 970. The van der Waals surface area contributed by atoms with Crippen LogP contribution in [0.3, 0.4) is 0 Å². The lowest BCUT2D eigenvalue weighted by molar-refractivity contribution is -0.141. The molecule has 34 heavy (non-hydrogen) atoms. The summed E-state index contributed by atoms with van der Waals surface area (Å²) >= 11 is 0. The predicted molar refractivity (Wildman–Crippen MR) is 125 cm³/mol. The SMILES string of the molecule is CCCCN(C(=O)CCC(=O)Nc1cc(C)on1)[C@@H](C(=O)NC1CCCC1)c1ccc(F)cc1. The van der Waals surface area contributed by atoms with Crippen LogP contribution < -0.4 is 10.6 Å². The molecule has 8 nitrogen and oxygen atoms in total. The van der Waals surface area contributed by atoms with Gasteiger partial charge in [0.1, 0.15) is 17.6 Å². The van der Waals surface area contributed by atoms with Crippen LogP contribution in [0.25, 0.3) is 0 Å². The molecule has 0 radical (unpaired) electrons. The number of nitrogens with zero attached hydrogens (tertiary/aromatic N) is 2. The van der Waals surface area contributed by atoms with Gasteiger partial charge in [-0.3, -0.25) is 14.4 Å². The van der Waals surface area contributed by atoms with Crippen LogP contribution in [0.4, 0.5) is 10.2 Å². The molecule has 1 saturated carbocycles. The molecule has 184 valence electrons. The molecule has 1 aromatic heterocycles. The monoisotopic (exact) mass is 472 g/mol. The zero-order valence-electron chi connectivity index (χ0n) is 19.8. The second-order valence-corrected chi connectivity index (χ2v) is 8.76. The van der Waals surface area contributed by atoms with Gasteiger partial charge in [-0.1, -0.05) is 43.5 Å². The van der Waals surface area contributed by atoms with Crippen molar-refractivity contribution in [2.24, 2.45) is 0 Å². The van der Waals surface area contributed by atoms with E-state index in [1.54, 1.807) is 25.1 Å². The number of nitrogens with one attached hydrogen (secondary N) is 2. The molecule has 3 rings (SSSR count). The molecular weight excluding hydrogens is 439 g/mol. The smallest absolute Gasteiger partial charge is 0.247 e. The largest absolute Gasteiger partial charge is 0.360 e. The summed E-state index contributed by atoms with van der Waals surface area (Å²) in [5.41, 5.74) is 0.545. The van der Waals surface area contributed by atoms with Crippen molar-refractivity contribution in [3.63, 3.8) is 0 Å². The van der Waals surface area contributed by atoms with Crippen molar-refractivity contribution in [3.8, 4) is 0 Å². The number of carbonyl (C=O) groups is 3. The predicted octanol–water partition coefficient (Wildman–Crippen LogP) is 4.27. The van der Waals surface area contributed by atoms with Crippen LogP contribution in [0.15, 0.2) is 34.9 Å². The van der Waals surface area contributed by atoms with E-state index < -0.39 is 11.9 Å². The molecule has 0 unspecified atom stereocenters. The number of unbranched alkanes of at least 4 members (excludes halogenated alkanes) is 1. The molecule has 2 N–H and O–H groups in total. The Balaban J connectivity index is 1.75. The minimum Gasteiger partial charge on any atom is -0.360 e. The normalized spacial score (nSPS) is 14.6. The van der Waals surface area contributed by atoms with Gasteiger partial charge in [-0.2, -0.15) is 0 Å². The molecular formula is C25H33FN4O4. The van der Waals surface area contributed by atoms with Crippen molar-refractivity contribution in [2.75, 3.05) is 11.9 Å². The Hall–Kier alpha value is -3.23. The zero-order chi connectivity index (χ0) is 24.5. The van der Waals surface area contributed by atoms with Gasteiger partial charge in [-0.05, 0) is 43.9 Å². The number of hydrogen-bond donors (Lipinski definition) is 2. The summed E-state index contributed by atoms with van der Waals surface area (Å²) in [7, 11) is 0. The average Bonchev–Trinajstić information content (AvgIpc) is 3.47. The first-order chi connectivity index (χ1) is 16.4. The molecule has 3 amide bonds. The summed E-state index contributed by atoms with van der Waals surface area (Å²) in [6, 6.07) is 6.45. The number of aryl methyl sites for hydroxylation is 1. The van der Waals surface area contributed by atoms with Crippen LogP contribution in [-0.4, -0.2) is 40.4 Å². The van der Waals surface area contributed by atoms with Crippen molar-refractivity contribution in [1.29, 1.82) is 0 Å². The van der Waals surface area contributed by atoms with E-state index >= 15 is 0 Å². The highest BCUT2D eigenvalue weighted by Crippen LogP contribution is 2.26. The number of benzene rings is 1. The summed E-state index contributed by atoms with van der Waals surface area (Å²) in [6.07, 6.45) is 5.34. The van der Waals surface area contributed by atoms with Gasteiger partial charge in [0.2, 0.25) is 17.7 Å². The fourth-order valence-electron chi connectivity index (χ4n) is 4.19. The van der Waals surface area contributed by atoms with E-state index in [0.717, 1.165) is 32.1 Å². The fourth-order valence-corrected chi connectivity index (χ4v) is 4.19. The number of halogens is 1. The maximum Gasteiger partial charge on any atom is 0.247 e. The lowest BCUT2D eigenvalue weighted by atomic mass is 10.0. The number of hydrogen-bond acceptors (Lipinski definition) is 5. The highest BCUT2D eigenvalue weighted by Gasteiger charge is 2.32. The van der Waals surface area contributed by atoms with Gasteiger partial charge in [0, 0.05) is 31.5 Å². The van der Waals surface area contributed by atoms with Crippen LogP contribution in [0.2, 0.25) is 0 Å². The maximum absolute atomic E-state index is 13.6. The summed E-state index contributed by atoms with van der Waals surface area (Å²) < 4.78 is 18.5. The topological polar surface area (TPSA) is 105 Å². The quantitative estimate of drug-likeness (QED) is 0.508. The molecule has 0 aliphatic heterocycles. The summed E-state index contributed by atoms with van der Waals surface area (Å²) in [4.78, 5) is 40.5. The van der Waals surface area contributed by atoms with E-state index in [-0.39, 0.29) is 42.4 Å². The molecule has 1 heterocycles. The van der Waals surface area contributed by atoms with Crippen molar-refractivity contribution < 1.29 is 23.3 Å². The highest BCUT2D eigenvalue weighted by atomic mass is 19.1. The fraction of sp³-hybridized carbons (Fsp3) is 0.520. The lowest BCUT2D eigenvalue weighted by Gasteiger charge is -2.32. The number of carbonyl (C=O) groups excluding carboxylic acids is 3. The molecule has 1 fully saturated rings. The summed E-state index contributed by atoms with van der Waals surface area (Å²) in [5, 5.41) is 9.40. The highest BCUT2D eigenvalue weighted by molar-refractivity contribution is 5.94. The van der Waals surface area contributed by atoms with E-state index in [2.05, 4.69) is 15.8 Å². The molecule has 0 saturated heterocycles. The lowest BCUT2D eigenvalue weighted by Crippen LogP contribution is -2.46. The van der Waals surface area contributed by atoms with Crippen LogP contribution >= 0.6 is 0 Å². The summed E-state index contributed by atoms with van der Waals surface area (Å²) in [6.45, 7) is 4.07. The molecule has 1 aliphatic rings. The van der Waals surface area contributed by atoms with Gasteiger partial charge >= 0.3 is 0 Å². The third-order valence-electron chi connectivity index (χ3n) is 5.98. The van der Waals surface area contributed by atoms with Gasteiger partial charge in [0.05, 0.1) is 0 Å². The maximum atomic E-state index is 13.6. The number of amides is 3. The van der Waals surface area contributed by atoms with Crippen LogP contribution in [0.5, 0.6) is 0 Å². The average molecular weight is 473 g/mol. The zero-order valence-corrected chi connectivity index (χ0v) is 19.8. The van der Waals surface area contributed by atoms with Gasteiger partial charge < -0.3 is 20.1 Å². The van der Waals surface area contributed by atoms with E-state index in [0.29, 0.717) is 24.3 Å². The molecule has 1 aliphatic carbocycles. The Labute approximate surface area is 199 Å². The Morgan fingerprint density at radius 3 is 2.50 bits per heavy atom. The molecule has 1 atom stereocenters. The third kappa shape index (κ3) is 7.13. The Morgan fingerprint density at radius 1 is 1.18 bits per heavy atom. The number of aromatic nitrogens is 1.